The van der Waals surface area contributed by atoms with E-state index in [1.165, 1.54) is 23.1 Å². The van der Waals surface area contributed by atoms with Crippen molar-refractivity contribution in [1.82, 2.24) is 10.2 Å². The van der Waals surface area contributed by atoms with Crippen LogP contribution in [0.25, 0.3) is 0 Å². The summed E-state index contributed by atoms with van der Waals surface area (Å²) in [6.45, 7) is 3.34. The van der Waals surface area contributed by atoms with Crippen molar-refractivity contribution in [2.24, 2.45) is 0 Å². The summed E-state index contributed by atoms with van der Waals surface area (Å²) in [6, 6.07) is 5.01. The van der Waals surface area contributed by atoms with Crippen LogP contribution in [0.5, 0.6) is 0 Å². The maximum absolute atomic E-state index is 12.9. The lowest BCUT2D eigenvalue weighted by atomic mass is 10.0. The van der Waals surface area contributed by atoms with Crippen LogP contribution in [0, 0.1) is 0 Å². The second-order valence-corrected chi connectivity index (χ2v) is 4.65. The molecule has 0 spiro atoms. The third kappa shape index (κ3) is 3.07. The van der Waals surface area contributed by atoms with Gasteiger partial charge in [-0.3, -0.25) is 4.79 Å². The fourth-order valence-electron chi connectivity index (χ4n) is 2.20. The molecule has 0 bridgehead atoms. The van der Waals surface area contributed by atoms with E-state index in [1.54, 1.807) is 0 Å². The molecule has 1 saturated heterocycles. The normalized spacial score (nSPS) is 20.4. The number of rotatable bonds is 1. The Balaban J connectivity index is 2.29. The number of nitrogens with zero attached hydrogens (tertiary/aromatic N) is 1. The highest BCUT2D eigenvalue weighted by molar-refractivity contribution is 5.96. The first-order valence-corrected chi connectivity index (χ1v) is 6.08. The van der Waals surface area contributed by atoms with Gasteiger partial charge >= 0.3 is 6.18 Å². The van der Waals surface area contributed by atoms with Gasteiger partial charge in [0.05, 0.1) is 11.1 Å². The minimum Gasteiger partial charge on any atom is -0.336 e. The summed E-state index contributed by atoms with van der Waals surface area (Å²) in [5, 5.41) is 3.15. The standard InChI is InChI=1S/C13H15F3N2O/c1-9-8-18(7-6-17-9)12(19)10-4-2-3-5-11(10)13(14,15)16/h2-5,9,17H,6-8H2,1H3. The summed E-state index contributed by atoms with van der Waals surface area (Å²) < 4.78 is 38.6. The zero-order chi connectivity index (χ0) is 14.0. The molecule has 0 saturated carbocycles. The molecule has 0 aromatic heterocycles. The number of halogens is 3. The molecule has 6 heteroatoms. The summed E-state index contributed by atoms with van der Waals surface area (Å²) in [5.41, 5.74) is -1.14. The largest absolute Gasteiger partial charge is 0.417 e. The first-order chi connectivity index (χ1) is 8.89. The van der Waals surface area contributed by atoms with Gasteiger partial charge in [0, 0.05) is 25.7 Å². The van der Waals surface area contributed by atoms with Crippen LogP contribution in [0.4, 0.5) is 13.2 Å². The maximum Gasteiger partial charge on any atom is 0.417 e. The van der Waals surface area contributed by atoms with Gasteiger partial charge in [0.15, 0.2) is 0 Å². The van der Waals surface area contributed by atoms with Crippen LogP contribution >= 0.6 is 0 Å². The van der Waals surface area contributed by atoms with Crippen molar-refractivity contribution in [2.45, 2.75) is 19.1 Å². The van der Waals surface area contributed by atoms with Crippen LogP contribution in [-0.4, -0.2) is 36.5 Å². The molecule has 1 atom stereocenters. The smallest absolute Gasteiger partial charge is 0.336 e. The number of alkyl halides is 3. The van der Waals surface area contributed by atoms with Crippen LogP contribution in [0.15, 0.2) is 24.3 Å². The SMILES string of the molecule is CC1CN(C(=O)c2ccccc2C(F)(F)F)CCN1. The number of carbonyl (C=O) groups excluding carboxylic acids is 1. The second-order valence-electron chi connectivity index (χ2n) is 4.65. The average molecular weight is 272 g/mol. The molecule has 3 nitrogen and oxygen atoms in total. The predicted octanol–water partition coefficient (Wildman–Crippen LogP) is 2.14. The fraction of sp³-hybridized carbons (Fsp3) is 0.462. The van der Waals surface area contributed by atoms with Gasteiger partial charge in [-0.25, -0.2) is 0 Å². The van der Waals surface area contributed by atoms with E-state index in [-0.39, 0.29) is 11.6 Å². The van der Waals surface area contributed by atoms with E-state index in [0.717, 1.165) is 6.07 Å². The maximum atomic E-state index is 12.9. The Kier molecular flexibility index (Phi) is 3.80. The fourth-order valence-corrected chi connectivity index (χ4v) is 2.20. The lowest BCUT2D eigenvalue weighted by Crippen LogP contribution is -2.51. The van der Waals surface area contributed by atoms with Crippen molar-refractivity contribution in [3.63, 3.8) is 0 Å². The van der Waals surface area contributed by atoms with Gasteiger partial charge in [0.1, 0.15) is 0 Å². The van der Waals surface area contributed by atoms with Crippen LogP contribution in [0.1, 0.15) is 22.8 Å². The van der Waals surface area contributed by atoms with Crippen molar-refractivity contribution in [1.29, 1.82) is 0 Å². The second kappa shape index (κ2) is 5.21. The molecule has 1 aromatic carbocycles. The Morgan fingerprint density at radius 2 is 2.05 bits per heavy atom. The summed E-state index contributed by atoms with van der Waals surface area (Å²) in [6.07, 6.45) is -4.51. The number of carbonyl (C=O) groups is 1. The predicted molar refractivity (Wildman–Crippen MR) is 64.8 cm³/mol. The van der Waals surface area contributed by atoms with Gasteiger partial charge in [0.2, 0.25) is 0 Å². The molecule has 1 aromatic rings. The monoisotopic (exact) mass is 272 g/mol. The van der Waals surface area contributed by atoms with E-state index in [2.05, 4.69) is 5.32 Å². The van der Waals surface area contributed by atoms with Crippen LogP contribution in [0.3, 0.4) is 0 Å². The van der Waals surface area contributed by atoms with E-state index in [9.17, 15) is 18.0 Å². The molecular formula is C13H15F3N2O. The summed E-state index contributed by atoms with van der Waals surface area (Å²) >= 11 is 0. The molecule has 0 aliphatic carbocycles. The molecule has 1 heterocycles. The number of amides is 1. The molecule has 1 aliphatic rings. The highest BCUT2D eigenvalue weighted by Crippen LogP contribution is 2.32. The lowest BCUT2D eigenvalue weighted by Gasteiger charge is -2.32. The zero-order valence-corrected chi connectivity index (χ0v) is 10.5. The van der Waals surface area contributed by atoms with Crippen LogP contribution < -0.4 is 5.32 Å². The van der Waals surface area contributed by atoms with Gasteiger partial charge in [-0.05, 0) is 19.1 Å². The number of benzene rings is 1. The first kappa shape index (κ1) is 13.9. The third-order valence-corrected chi connectivity index (χ3v) is 3.12. The number of hydrogen-bond acceptors (Lipinski definition) is 2. The Bertz CT molecular complexity index is 473. The van der Waals surface area contributed by atoms with Crippen molar-refractivity contribution in [3.8, 4) is 0 Å². The van der Waals surface area contributed by atoms with E-state index in [1.807, 2.05) is 6.92 Å². The minimum absolute atomic E-state index is 0.0933. The zero-order valence-electron chi connectivity index (χ0n) is 10.5. The van der Waals surface area contributed by atoms with Crippen molar-refractivity contribution in [2.75, 3.05) is 19.6 Å². The third-order valence-electron chi connectivity index (χ3n) is 3.12. The summed E-state index contributed by atoms with van der Waals surface area (Å²) in [5.74, 6) is -0.554. The lowest BCUT2D eigenvalue weighted by molar-refractivity contribution is -0.138. The van der Waals surface area contributed by atoms with Gasteiger partial charge < -0.3 is 10.2 Å². The Hall–Kier alpha value is -1.56. The topological polar surface area (TPSA) is 32.3 Å². The van der Waals surface area contributed by atoms with Gasteiger partial charge in [-0.2, -0.15) is 13.2 Å². The number of piperazine rings is 1. The molecule has 0 radical (unpaired) electrons. The quantitative estimate of drug-likeness (QED) is 0.849. The van der Waals surface area contributed by atoms with Crippen LogP contribution in [-0.2, 0) is 6.18 Å². The average Bonchev–Trinajstić information content (AvgIpc) is 2.37. The molecule has 1 N–H and O–H groups in total. The number of hydrogen-bond donors (Lipinski definition) is 1. The molecular weight excluding hydrogens is 257 g/mol. The molecule has 1 amide bonds. The first-order valence-electron chi connectivity index (χ1n) is 6.08. The molecule has 1 aliphatic heterocycles. The van der Waals surface area contributed by atoms with E-state index < -0.39 is 17.6 Å². The highest BCUT2D eigenvalue weighted by atomic mass is 19.4. The molecule has 1 unspecified atom stereocenters. The van der Waals surface area contributed by atoms with E-state index in [4.69, 9.17) is 0 Å². The Morgan fingerprint density at radius 3 is 2.68 bits per heavy atom. The van der Waals surface area contributed by atoms with Crippen molar-refractivity contribution in [3.05, 3.63) is 35.4 Å². The molecule has 1 fully saturated rings. The summed E-state index contributed by atoms with van der Waals surface area (Å²) in [4.78, 5) is 13.7. The molecule has 19 heavy (non-hydrogen) atoms. The minimum atomic E-state index is -4.51. The molecule has 2 rings (SSSR count). The van der Waals surface area contributed by atoms with Crippen molar-refractivity contribution < 1.29 is 18.0 Å². The van der Waals surface area contributed by atoms with Crippen LogP contribution in [0.2, 0.25) is 0 Å². The van der Waals surface area contributed by atoms with Gasteiger partial charge in [-0.15, -0.1) is 0 Å². The Morgan fingerprint density at radius 1 is 1.37 bits per heavy atom. The number of nitrogens with one attached hydrogen (secondary N) is 1. The van der Waals surface area contributed by atoms with E-state index in [0.29, 0.717) is 19.6 Å². The van der Waals surface area contributed by atoms with Gasteiger partial charge in [0.25, 0.3) is 5.91 Å². The van der Waals surface area contributed by atoms with Crippen molar-refractivity contribution >= 4 is 5.91 Å². The van der Waals surface area contributed by atoms with Gasteiger partial charge in [-0.1, -0.05) is 12.1 Å². The molecule has 104 valence electrons. The summed E-state index contributed by atoms with van der Waals surface area (Å²) in [7, 11) is 0. The van der Waals surface area contributed by atoms with E-state index >= 15 is 0 Å². The highest BCUT2D eigenvalue weighted by Gasteiger charge is 2.36. The Labute approximate surface area is 109 Å².